The standard InChI is InChI=1S/C32H32ClF2NO2.ClH/c1-20-26(12-13-29(33)31(20)35)28-5-2-4-24-17-25(32(37)38)10-11-27(24)30(28)23-8-6-21(7-9-23)16-22-18-36(19-22)15-3-14-34;/h6-13,17,22H,2-5,14-16,18-19H2,1H3,(H,37,38);1H. The first-order valence-corrected chi connectivity index (χ1v) is 13.7. The van der Waals surface area contributed by atoms with Gasteiger partial charge in [-0.05, 0) is 108 Å². The number of aromatic carboxylic acids is 1. The second kappa shape index (κ2) is 12.6. The Balaban J connectivity index is 0.00000353. The van der Waals surface area contributed by atoms with E-state index in [4.69, 9.17) is 11.6 Å². The molecule has 7 heteroatoms. The van der Waals surface area contributed by atoms with Crippen molar-refractivity contribution >= 4 is 41.1 Å². The highest BCUT2D eigenvalue weighted by molar-refractivity contribution is 6.30. The van der Waals surface area contributed by atoms with Gasteiger partial charge in [-0.25, -0.2) is 9.18 Å². The van der Waals surface area contributed by atoms with Crippen LogP contribution in [-0.4, -0.2) is 42.3 Å². The maximum atomic E-state index is 14.9. The molecule has 0 bridgehead atoms. The van der Waals surface area contributed by atoms with Crippen LogP contribution in [0, 0.1) is 18.7 Å². The Kier molecular flexibility index (Phi) is 9.47. The molecule has 0 spiro atoms. The Morgan fingerprint density at radius 3 is 2.46 bits per heavy atom. The van der Waals surface area contributed by atoms with Crippen LogP contribution >= 0.6 is 24.0 Å². The summed E-state index contributed by atoms with van der Waals surface area (Å²) in [6.45, 7) is 4.36. The first kappa shape index (κ1) is 29.3. The number of nitrogens with zero attached hydrogens (tertiary/aromatic N) is 1. The van der Waals surface area contributed by atoms with Crippen LogP contribution in [0.3, 0.4) is 0 Å². The minimum Gasteiger partial charge on any atom is -0.478 e. The Morgan fingerprint density at radius 2 is 1.77 bits per heavy atom. The van der Waals surface area contributed by atoms with E-state index in [2.05, 4.69) is 29.2 Å². The van der Waals surface area contributed by atoms with Crippen LogP contribution < -0.4 is 0 Å². The predicted molar refractivity (Wildman–Crippen MR) is 156 cm³/mol. The number of carbonyl (C=O) groups is 1. The fraction of sp³-hybridized carbons (Fsp3) is 0.344. The number of fused-ring (bicyclic) bond motifs is 1. The second-order valence-electron chi connectivity index (χ2n) is 10.5. The highest BCUT2D eigenvalue weighted by Gasteiger charge is 2.27. The molecule has 0 radical (unpaired) electrons. The molecular weight excluding hydrogens is 539 g/mol. The van der Waals surface area contributed by atoms with Gasteiger partial charge in [0.05, 0.1) is 17.3 Å². The normalized spacial score (nSPS) is 15.8. The lowest BCUT2D eigenvalue weighted by Gasteiger charge is -2.39. The third kappa shape index (κ3) is 6.21. The molecule has 1 N–H and O–H groups in total. The van der Waals surface area contributed by atoms with E-state index in [1.807, 2.05) is 12.1 Å². The van der Waals surface area contributed by atoms with Gasteiger partial charge in [-0.2, -0.15) is 0 Å². The molecule has 206 valence electrons. The lowest BCUT2D eigenvalue weighted by molar-refractivity contribution is 0.0696. The molecule has 0 saturated carbocycles. The first-order chi connectivity index (χ1) is 18.4. The maximum absolute atomic E-state index is 14.9. The van der Waals surface area contributed by atoms with E-state index < -0.39 is 11.8 Å². The van der Waals surface area contributed by atoms with Crippen LogP contribution in [-0.2, 0) is 12.8 Å². The predicted octanol–water partition coefficient (Wildman–Crippen LogP) is 8.04. The molecule has 39 heavy (non-hydrogen) atoms. The van der Waals surface area contributed by atoms with Gasteiger partial charge in [-0.3, -0.25) is 4.39 Å². The molecule has 5 rings (SSSR count). The van der Waals surface area contributed by atoms with Gasteiger partial charge in [0.15, 0.2) is 0 Å². The highest BCUT2D eigenvalue weighted by Crippen LogP contribution is 2.42. The maximum Gasteiger partial charge on any atom is 0.335 e. The van der Waals surface area contributed by atoms with Crippen molar-refractivity contribution in [1.29, 1.82) is 0 Å². The van der Waals surface area contributed by atoms with E-state index in [-0.39, 0.29) is 29.7 Å². The van der Waals surface area contributed by atoms with Gasteiger partial charge in [0.25, 0.3) is 0 Å². The van der Waals surface area contributed by atoms with Gasteiger partial charge >= 0.3 is 5.97 Å². The quantitative estimate of drug-likeness (QED) is 0.297. The number of likely N-dealkylation sites (tertiary alicyclic amines) is 1. The van der Waals surface area contributed by atoms with Crippen LogP contribution in [0.5, 0.6) is 0 Å². The summed E-state index contributed by atoms with van der Waals surface area (Å²) >= 11 is 6.08. The van der Waals surface area contributed by atoms with E-state index in [9.17, 15) is 18.7 Å². The van der Waals surface area contributed by atoms with Crippen LogP contribution in [0.15, 0.2) is 54.6 Å². The van der Waals surface area contributed by atoms with E-state index in [1.165, 1.54) is 5.56 Å². The summed E-state index contributed by atoms with van der Waals surface area (Å²) in [4.78, 5) is 14.0. The van der Waals surface area contributed by atoms with E-state index in [0.717, 1.165) is 78.7 Å². The number of benzene rings is 3. The summed E-state index contributed by atoms with van der Waals surface area (Å²) in [5, 5.41) is 9.67. The van der Waals surface area contributed by atoms with Gasteiger partial charge in [0.1, 0.15) is 5.82 Å². The molecule has 3 aromatic carbocycles. The molecule has 1 aliphatic heterocycles. The van der Waals surface area contributed by atoms with Crippen molar-refractivity contribution in [3.05, 3.63) is 104 Å². The number of carboxylic acid groups (broad SMARTS) is 1. The molecule has 3 aromatic rings. The Morgan fingerprint density at radius 1 is 1.05 bits per heavy atom. The van der Waals surface area contributed by atoms with Gasteiger partial charge < -0.3 is 10.0 Å². The molecule has 0 aromatic heterocycles. The van der Waals surface area contributed by atoms with Gasteiger partial charge in [-0.1, -0.05) is 48.0 Å². The van der Waals surface area contributed by atoms with Crippen molar-refractivity contribution in [2.24, 2.45) is 5.92 Å². The largest absolute Gasteiger partial charge is 0.478 e. The first-order valence-electron chi connectivity index (χ1n) is 13.3. The summed E-state index contributed by atoms with van der Waals surface area (Å²) in [6, 6.07) is 17.4. The minimum atomic E-state index is -0.943. The smallest absolute Gasteiger partial charge is 0.335 e. The van der Waals surface area contributed by atoms with Crippen molar-refractivity contribution in [3.63, 3.8) is 0 Å². The third-order valence-corrected chi connectivity index (χ3v) is 8.16. The summed E-state index contributed by atoms with van der Waals surface area (Å²) < 4.78 is 27.3. The Bertz CT molecular complexity index is 1380. The number of allylic oxidation sites excluding steroid dienone is 1. The minimum absolute atomic E-state index is 0. The Hall–Kier alpha value is -2.73. The topological polar surface area (TPSA) is 40.5 Å². The molecule has 2 aliphatic rings. The number of carboxylic acids is 1. The number of aryl methyl sites for hydroxylation is 1. The number of halogens is 4. The van der Waals surface area contributed by atoms with Crippen molar-refractivity contribution < 1.29 is 18.7 Å². The summed E-state index contributed by atoms with van der Waals surface area (Å²) in [6.07, 6.45) is 3.91. The molecule has 1 aliphatic carbocycles. The fourth-order valence-corrected chi connectivity index (χ4v) is 6.12. The lowest BCUT2D eigenvalue weighted by atomic mass is 9.85. The van der Waals surface area contributed by atoms with Crippen LogP contribution in [0.4, 0.5) is 8.78 Å². The van der Waals surface area contributed by atoms with Gasteiger partial charge in [0, 0.05) is 19.6 Å². The van der Waals surface area contributed by atoms with E-state index >= 15 is 0 Å². The zero-order valence-electron chi connectivity index (χ0n) is 22.0. The molecule has 1 saturated heterocycles. The SMILES string of the molecule is Cc1c(C2=C(c3ccc(CC4CN(CCCF)C4)cc3)c3ccc(C(=O)O)cc3CCC2)ccc(Cl)c1F.Cl. The third-order valence-electron chi connectivity index (χ3n) is 7.87. The highest BCUT2D eigenvalue weighted by atomic mass is 35.5. The van der Waals surface area contributed by atoms with Crippen molar-refractivity contribution in [2.75, 3.05) is 26.3 Å². The number of hydrogen-bond donors (Lipinski definition) is 1. The molecule has 1 fully saturated rings. The second-order valence-corrected chi connectivity index (χ2v) is 10.9. The van der Waals surface area contributed by atoms with E-state index in [1.54, 1.807) is 25.1 Å². The number of alkyl halides is 1. The molecule has 1 heterocycles. The summed E-state index contributed by atoms with van der Waals surface area (Å²) in [5.41, 5.74) is 7.98. The molecule has 0 atom stereocenters. The van der Waals surface area contributed by atoms with Gasteiger partial charge in [0.2, 0.25) is 0 Å². The number of hydrogen-bond acceptors (Lipinski definition) is 2. The van der Waals surface area contributed by atoms with Crippen molar-refractivity contribution in [3.8, 4) is 0 Å². The van der Waals surface area contributed by atoms with Crippen LogP contribution in [0.25, 0.3) is 11.1 Å². The van der Waals surface area contributed by atoms with Crippen LogP contribution in [0.2, 0.25) is 5.02 Å². The lowest BCUT2D eigenvalue weighted by Crippen LogP contribution is -2.47. The molecular formula is C32H33Cl2F2NO2. The average Bonchev–Trinajstić information content (AvgIpc) is 3.08. The van der Waals surface area contributed by atoms with Crippen molar-refractivity contribution in [2.45, 2.75) is 39.0 Å². The Labute approximate surface area is 239 Å². The van der Waals surface area contributed by atoms with Crippen molar-refractivity contribution in [1.82, 2.24) is 4.90 Å². The fourth-order valence-electron chi connectivity index (χ4n) is 5.91. The molecule has 3 nitrogen and oxygen atoms in total. The van der Waals surface area contributed by atoms with Gasteiger partial charge in [-0.15, -0.1) is 12.4 Å². The zero-order valence-corrected chi connectivity index (χ0v) is 23.6. The average molecular weight is 573 g/mol. The monoisotopic (exact) mass is 571 g/mol. The van der Waals surface area contributed by atoms with E-state index in [0.29, 0.717) is 17.9 Å². The van der Waals surface area contributed by atoms with Crippen LogP contribution in [0.1, 0.15) is 63.0 Å². The number of rotatable bonds is 8. The molecule has 0 amide bonds. The summed E-state index contributed by atoms with van der Waals surface area (Å²) in [5.74, 6) is -0.761. The summed E-state index contributed by atoms with van der Waals surface area (Å²) in [7, 11) is 0. The molecule has 0 unspecified atom stereocenters. The zero-order chi connectivity index (χ0) is 26.8.